The topological polar surface area (TPSA) is 74.7 Å². The molecule has 0 aromatic carbocycles. The summed E-state index contributed by atoms with van der Waals surface area (Å²) < 4.78 is 1.75. The summed E-state index contributed by atoms with van der Waals surface area (Å²) in [6.07, 6.45) is 1.81. The third-order valence-corrected chi connectivity index (χ3v) is 4.03. The Hall–Kier alpha value is -2.31. The van der Waals surface area contributed by atoms with Gasteiger partial charge in [-0.05, 0) is 12.1 Å². The molecule has 0 aliphatic carbocycles. The lowest BCUT2D eigenvalue weighted by atomic mass is 10.1. The first-order valence-corrected chi connectivity index (χ1v) is 7.31. The average molecular weight is 306 g/mol. The summed E-state index contributed by atoms with van der Waals surface area (Å²) in [4.78, 5) is 39.6. The van der Waals surface area contributed by atoms with E-state index in [1.807, 2.05) is 19.3 Å². The van der Waals surface area contributed by atoms with Crippen LogP contribution >= 0.6 is 0 Å². The Labute approximate surface area is 129 Å². The first-order chi connectivity index (χ1) is 10.4. The van der Waals surface area contributed by atoms with Gasteiger partial charge in [-0.3, -0.25) is 14.4 Å². The van der Waals surface area contributed by atoms with Crippen LogP contribution in [-0.2, 0) is 16.6 Å². The van der Waals surface area contributed by atoms with Crippen molar-refractivity contribution < 1.29 is 14.4 Å². The van der Waals surface area contributed by atoms with Crippen LogP contribution in [0.1, 0.15) is 17.4 Å². The molecule has 0 radical (unpaired) electrons. The molecule has 1 atom stereocenters. The van der Waals surface area contributed by atoms with Crippen LogP contribution in [-0.4, -0.2) is 65.3 Å². The smallest absolute Gasteiger partial charge is 0.270 e. The van der Waals surface area contributed by atoms with Gasteiger partial charge in [0.1, 0.15) is 5.69 Å². The van der Waals surface area contributed by atoms with Crippen molar-refractivity contribution in [2.24, 2.45) is 13.0 Å². The molecule has 0 spiro atoms. The molecular formula is C15H22N4O3. The standard InChI is InChI=1S/C15H22N4O3/c1-11(20)18-7-8-19(10-12(9-18)14(21)16-2)15(22)13-5-4-6-17(13)3/h4-6,12H,7-10H2,1-3H3,(H,16,21)/t12-/m0/s1. The number of carbonyl (C=O) groups excluding carboxylic acids is 3. The van der Waals surface area contributed by atoms with Crippen molar-refractivity contribution >= 4 is 17.7 Å². The van der Waals surface area contributed by atoms with Crippen molar-refractivity contribution in [3.8, 4) is 0 Å². The zero-order chi connectivity index (χ0) is 16.3. The van der Waals surface area contributed by atoms with Crippen LogP contribution in [0.15, 0.2) is 18.3 Å². The zero-order valence-corrected chi connectivity index (χ0v) is 13.2. The van der Waals surface area contributed by atoms with E-state index < -0.39 is 5.92 Å². The van der Waals surface area contributed by atoms with Crippen molar-refractivity contribution in [3.63, 3.8) is 0 Å². The Morgan fingerprint density at radius 1 is 1.18 bits per heavy atom. The highest BCUT2D eigenvalue weighted by molar-refractivity contribution is 5.93. The fraction of sp³-hybridized carbons (Fsp3) is 0.533. The summed E-state index contributed by atoms with van der Waals surface area (Å²) >= 11 is 0. The molecule has 7 nitrogen and oxygen atoms in total. The van der Waals surface area contributed by atoms with E-state index >= 15 is 0 Å². The molecule has 7 heteroatoms. The summed E-state index contributed by atoms with van der Waals surface area (Å²) in [7, 11) is 3.37. The highest BCUT2D eigenvalue weighted by Gasteiger charge is 2.31. The number of aryl methyl sites for hydroxylation is 1. The minimum Gasteiger partial charge on any atom is -0.359 e. The van der Waals surface area contributed by atoms with Crippen LogP contribution in [0, 0.1) is 5.92 Å². The van der Waals surface area contributed by atoms with Gasteiger partial charge in [0.05, 0.1) is 5.92 Å². The SMILES string of the molecule is CNC(=O)[C@H]1CN(C(C)=O)CCN(C(=O)c2cccn2C)C1. The van der Waals surface area contributed by atoms with Gasteiger partial charge in [0, 0.05) is 53.4 Å². The van der Waals surface area contributed by atoms with Crippen LogP contribution in [0.25, 0.3) is 0 Å². The van der Waals surface area contributed by atoms with Gasteiger partial charge in [-0.25, -0.2) is 0 Å². The molecule has 2 heterocycles. The molecule has 120 valence electrons. The number of hydrogen-bond donors (Lipinski definition) is 1. The minimum absolute atomic E-state index is 0.0814. The predicted molar refractivity (Wildman–Crippen MR) is 81.1 cm³/mol. The number of nitrogens with one attached hydrogen (secondary N) is 1. The van der Waals surface area contributed by atoms with Crippen molar-refractivity contribution in [2.75, 3.05) is 33.2 Å². The molecule has 1 fully saturated rings. The Kier molecular flexibility index (Phi) is 4.85. The van der Waals surface area contributed by atoms with E-state index in [9.17, 15) is 14.4 Å². The van der Waals surface area contributed by atoms with Crippen molar-refractivity contribution in [3.05, 3.63) is 24.0 Å². The number of amides is 3. The van der Waals surface area contributed by atoms with Gasteiger partial charge in [-0.2, -0.15) is 0 Å². The molecule has 0 unspecified atom stereocenters. The summed E-state index contributed by atoms with van der Waals surface area (Å²) in [5.41, 5.74) is 0.576. The monoisotopic (exact) mass is 306 g/mol. The lowest BCUT2D eigenvalue weighted by Crippen LogP contribution is -2.42. The third kappa shape index (κ3) is 3.29. The summed E-state index contributed by atoms with van der Waals surface area (Å²) in [5.74, 6) is -0.771. The first-order valence-electron chi connectivity index (χ1n) is 7.31. The fourth-order valence-electron chi connectivity index (χ4n) is 2.70. The van der Waals surface area contributed by atoms with Crippen LogP contribution in [0.4, 0.5) is 0 Å². The second kappa shape index (κ2) is 6.64. The molecule has 1 aliphatic rings. The van der Waals surface area contributed by atoms with Gasteiger partial charge >= 0.3 is 0 Å². The maximum atomic E-state index is 12.6. The Bertz CT molecular complexity index is 581. The molecule has 2 rings (SSSR count). The van der Waals surface area contributed by atoms with Gasteiger partial charge in [0.25, 0.3) is 5.91 Å². The van der Waals surface area contributed by atoms with E-state index in [2.05, 4.69) is 5.32 Å². The van der Waals surface area contributed by atoms with Crippen molar-refractivity contribution in [2.45, 2.75) is 6.92 Å². The van der Waals surface area contributed by atoms with Gasteiger partial charge in [0.15, 0.2) is 0 Å². The van der Waals surface area contributed by atoms with Gasteiger partial charge in [0.2, 0.25) is 11.8 Å². The number of nitrogens with zero attached hydrogens (tertiary/aromatic N) is 3. The number of aromatic nitrogens is 1. The third-order valence-electron chi connectivity index (χ3n) is 4.03. The molecule has 1 N–H and O–H groups in total. The molecular weight excluding hydrogens is 284 g/mol. The molecule has 0 saturated carbocycles. The first kappa shape index (κ1) is 16.1. The summed E-state index contributed by atoms with van der Waals surface area (Å²) in [5, 5.41) is 2.61. The Morgan fingerprint density at radius 2 is 1.82 bits per heavy atom. The molecule has 1 aromatic heterocycles. The second-order valence-electron chi connectivity index (χ2n) is 5.53. The predicted octanol–water partition coefficient (Wildman–Crippen LogP) is -0.308. The van der Waals surface area contributed by atoms with E-state index in [4.69, 9.17) is 0 Å². The normalized spacial score (nSPS) is 18.8. The zero-order valence-electron chi connectivity index (χ0n) is 13.2. The van der Waals surface area contributed by atoms with Gasteiger partial charge in [-0.1, -0.05) is 0 Å². The molecule has 1 saturated heterocycles. The molecule has 0 bridgehead atoms. The van der Waals surface area contributed by atoms with Crippen LogP contribution < -0.4 is 5.32 Å². The van der Waals surface area contributed by atoms with E-state index in [0.717, 1.165) is 0 Å². The highest BCUT2D eigenvalue weighted by Crippen LogP contribution is 2.14. The number of carbonyl (C=O) groups is 3. The quantitative estimate of drug-likeness (QED) is 0.814. The van der Waals surface area contributed by atoms with Crippen LogP contribution in [0.5, 0.6) is 0 Å². The summed E-state index contributed by atoms with van der Waals surface area (Å²) in [6, 6.07) is 3.56. The largest absolute Gasteiger partial charge is 0.359 e. The van der Waals surface area contributed by atoms with Crippen LogP contribution in [0.2, 0.25) is 0 Å². The van der Waals surface area contributed by atoms with E-state index in [1.54, 1.807) is 27.5 Å². The number of hydrogen-bond acceptors (Lipinski definition) is 3. The van der Waals surface area contributed by atoms with Gasteiger partial charge < -0.3 is 19.7 Å². The lowest BCUT2D eigenvalue weighted by Gasteiger charge is -2.23. The van der Waals surface area contributed by atoms with Crippen molar-refractivity contribution in [1.82, 2.24) is 19.7 Å². The van der Waals surface area contributed by atoms with Crippen LogP contribution in [0.3, 0.4) is 0 Å². The molecule has 1 aliphatic heterocycles. The molecule has 22 heavy (non-hydrogen) atoms. The van der Waals surface area contributed by atoms with Gasteiger partial charge in [-0.15, -0.1) is 0 Å². The number of rotatable bonds is 2. The lowest BCUT2D eigenvalue weighted by molar-refractivity contribution is -0.130. The fourth-order valence-corrected chi connectivity index (χ4v) is 2.70. The molecule has 1 aromatic rings. The highest BCUT2D eigenvalue weighted by atomic mass is 16.2. The Morgan fingerprint density at radius 3 is 2.36 bits per heavy atom. The van der Waals surface area contributed by atoms with E-state index in [1.165, 1.54) is 6.92 Å². The maximum absolute atomic E-state index is 12.6. The second-order valence-corrected chi connectivity index (χ2v) is 5.53. The van der Waals surface area contributed by atoms with E-state index in [0.29, 0.717) is 31.9 Å². The minimum atomic E-state index is -0.416. The Balaban J connectivity index is 2.21. The summed E-state index contributed by atoms with van der Waals surface area (Å²) in [6.45, 7) is 3.01. The van der Waals surface area contributed by atoms with Crippen molar-refractivity contribution in [1.29, 1.82) is 0 Å². The van der Waals surface area contributed by atoms with E-state index in [-0.39, 0.29) is 17.7 Å². The maximum Gasteiger partial charge on any atom is 0.270 e. The molecule has 3 amide bonds. The average Bonchev–Trinajstić information content (AvgIpc) is 2.79.